The molecule has 4 N–H and O–H groups in total. The Balaban J connectivity index is 2.10. The zero-order valence-electron chi connectivity index (χ0n) is 9.52. The number of hydrogen-bond acceptors (Lipinski definition) is 3. The maximum absolute atomic E-state index is 11.4. The fourth-order valence-electron chi connectivity index (χ4n) is 1.64. The van der Waals surface area contributed by atoms with Gasteiger partial charge in [-0.05, 0) is 5.56 Å². The molecule has 0 spiro atoms. The van der Waals surface area contributed by atoms with Gasteiger partial charge < -0.3 is 14.8 Å². The quantitative estimate of drug-likeness (QED) is 0.613. The predicted octanol–water partition coefficient (Wildman–Crippen LogP) is 1.38. The second kappa shape index (κ2) is 5.46. The van der Waals surface area contributed by atoms with Gasteiger partial charge in [-0.2, -0.15) is 0 Å². The minimum atomic E-state index is -4.28. The van der Waals surface area contributed by atoms with Gasteiger partial charge >= 0.3 is 7.60 Å². The second-order valence-corrected chi connectivity index (χ2v) is 5.56. The molecule has 0 fully saturated rings. The van der Waals surface area contributed by atoms with Crippen molar-refractivity contribution < 1.29 is 14.4 Å². The zero-order valence-corrected chi connectivity index (χ0v) is 10.4. The van der Waals surface area contributed by atoms with Gasteiger partial charge in [0.2, 0.25) is 0 Å². The second-order valence-electron chi connectivity index (χ2n) is 3.87. The first-order chi connectivity index (χ1) is 8.57. The van der Waals surface area contributed by atoms with Crippen molar-refractivity contribution in [2.45, 2.75) is 12.3 Å². The number of benzene rings is 1. The Kier molecular flexibility index (Phi) is 3.93. The molecule has 1 aromatic heterocycles. The van der Waals surface area contributed by atoms with Crippen LogP contribution in [0.25, 0.3) is 0 Å². The first kappa shape index (κ1) is 13.0. The number of imidazole rings is 1. The van der Waals surface area contributed by atoms with E-state index in [1.54, 1.807) is 0 Å². The molecule has 0 aliphatic rings. The van der Waals surface area contributed by atoms with Gasteiger partial charge in [0.1, 0.15) is 0 Å². The maximum Gasteiger partial charge on any atom is 0.348 e. The molecule has 0 radical (unpaired) electrons. The van der Waals surface area contributed by atoms with Gasteiger partial charge in [-0.15, -0.1) is 0 Å². The van der Waals surface area contributed by atoms with Gasteiger partial charge in [0, 0.05) is 6.54 Å². The summed E-state index contributed by atoms with van der Waals surface area (Å²) in [4.78, 5) is 25.1. The van der Waals surface area contributed by atoms with Crippen LogP contribution in [-0.2, 0) is 11.1 Å². The highest BCUT2D eigenvalue weighted by atomic mass is 31.2. The van der Waals surface area contributed by atoms with Crippen molar-refractivity contribution in [2.24, 2.45) is 0 Å². The van der Waals surface area contributed by atoms with E-state index in [2.05, 4.69) is 15.3 Å². The number of hydrogen-bond donors (Lipinski definition) is 4. The van der Waals surface area contributed by atoms with Crippen LogP contribution in [0.1, 0.15) is 17.0 Å². The summed E-state index contributed by atoms with van der Waals surface area (Å²) in [5.74, 6) is -1.07. The standard InChI is InChI=1S/C11H14N3O3P/c15-18(16,17)11(10-7-12-8-14-10)13-6-9-4-2-1-3-5-9/h1-5,7-8,11,13H,6H2,(H,12,14)(H2,15,16,17). The Hall–Kier alpha value is -1.46. The lowest BCUT2D eigenvalue weighted by molar-refractivity contribution is 0.346. The molecule has 2 aromatic rings. The zero-order chi connectivity index (χ0) is 13.0. The van der Waals surface area contributed by atoms with Gasteiger partial charge in [-0.1, -0.05) is 30.3 Å². The minimum absolute atomic E-state index is 0.371. The summed E-state index contributed by atoms with van der Waals surface area (Å²) in [6.45, 7) is 0.371. The van der Waals surface area contributed by atoms with Crippen LogP contribution in [-0.4, -0.2) is 19.8 Å². The number of aromatic nitrogens is 2. The van der Waals surface area contributed by atoms with Gasteiger partial charge in [0.05, 0.1) is 18.2 Å². The Labute approximate surface area is 104 Å². The van der Waals surface area contributed by atoms with E-state index in [1.165, 1.54) is 12.5 Å². The van der Waals surface area contributed by atoms with E-state index in [0.29, 0.717) is 12.2 Å². The van der Waals surface area contributed by atoms with E-state index in [0.717, 1.165) is 5.56 Å². The minimum Gasteiger partial charge on any atom is -0.347 e. The third kappa shape index (κ3) is 3.27. The Bertz CT molecular complexity index is 524. The SMILES string of the molecule is O=P(O)(O)C(NCc1ccccc1)c1cnc[nH]1. The van der Waals surface area contributed by atoms with Crippen LogP contribution in [0.5, 0.6) is 0 Å². The van der Waals surface area contributed by atoms with Gasteiger partial charge in [-0.3, -0.25) is 9.88 Å². The Morgan fingerprint density at radius 2 is 2.06 bits per heavy atom. The maximum atomic E-state index is 11.4. The average Bonchev–Trinajstić information content (AvgIpc) is 2.82. The van der Waals surface area contributed by atoms with Gasteiger partial charge in [0.15, 0.2) is 5.78 Å². The van der Waals surface area contributed by atoms with E-state index >= 15 is 0 Å². The number of nitrogens with zero attached hydrogens (tertiary/aromatic N) is 1. The first-order valence-electron chi connectivity index (χ1n) is 5.38. The van der Waals surface area contributed by atoms with E-state index in [-0.39, 0.29) is 0 Å². The molecule has 1 atom stereocenters. The van der Waals surface area contributed by atoms with Crippen molar-refractivity contribution in [1.29, 1.82) is 0 Å². The van der Waals surface area contributed by atoms with Crippen molar-refractivity contribution in [3.05, 3.63) is 54.1 Å². The topological polar surface area (TPSA) is 98.2 Å². The molecule has 18 heavy (non-hydrogen) atoms. The summed E-state index contributed by atoms with van der Waals surface area (Å²) in [5.41, 5.74) is 1.33. The highest BCUT2D eigenvalue weighted by Crippen LogP contribution is 2.49. The third-order valence-electron chi connectivity index (χ3n) is 2.49. The number of H-pyrrole nitrogens is 1. The molecule has 0 aliphatic carbocycles. The van der Waals surface area contributed by atoms with Crippen LogP contribution < -0.4 is 5.32 Å². The van der Waals surface area contributed by atoms with Crippen LogP contribution in [0.15, 0.2) is 42.9 Å². The lowest BCUT2D eigenvalue weighted by Crippen LogP contribution is -2.21. The van der Waals surface area contributed by atoms with E-state index in [9.17, 15) is 14.4 Å². The molecule has 1 unspecified atom stereocenters. The largest absolute Gasteiger partial charge is 0.348 e. The molecule has 96 valence electrons. The van der Waals surface area contributed by atoms with Crippen molar-refractivity contribution in [1.82, 2.24) is 15.3 Å². The summed E-state index contributed by atoms with van der Waals surface area (Å²) in [6, 6.07) is 9.41. The summed E-state index contributed by atoms with van der Waals surface area (Å²) in [6.07, 6.45) is 2.80. The van der Waals surface area contributed by atoms with Crippen molar-refractivity contribution in [3.8, 4) is 0 Å². The molecule has 1 aromatic carbocycles. The monoisotopic (exact) mass is 267 g/mol. The molecule has 0 saturated carbocycles. The highest BCUT2D eigenvalue weighted by Gasteiger charge is 2.31. The lowest BCUT2D eigenvalue weighted by atomic mass is 10.2. The van der Waals surface area contributed by atoms with E-state index in [1.807, 2.05) is 30.3 Å². The molecular weight excluding hydrogens is 253 g/mol. The molecule has 0 amide bonds. The third-order valence-corrected chi connectivity index (χ3v) is 3.63. The van der Waals surface area contributed by atoms with Gasteiger partial charge in [-0.25, -0.2) is 4.98 Å². The van der Waals surface area contributed by atoms with Crippen molar-refractivity contribution >= 4 is 7.60 Å². The first-order valence-corrected chi connectivity index (χ1v) is 7.06. The van der Waals surface area contributed by atoms with E-state index < -0.39 is 13.4 Å². The predicted molar refractivity (Wildman–Crippen MR) is 66.7 cm³/mol. The van der Waals surface area contributed by atoms with E-state index in [4.69, 9.17) is 0 Å². The summed E-state index contributed by atoms with van der Waals surface area (Å²) < 4.78 is 11.4. The van der Waals surface area contributed by atoms with Crippen LogP contribution in [0.4, 0.5) is 0 Å². The smallest absolute Gasteiger partial charge is 0.347 e. The molecule has 1 heterocycles. The van der Waals surface area contributed by atoms with Crippen LogP contribution in [0, 0.1) is 0 Å². The molecule has 2 rings (SSSR count). The fourth-order valence-corrected chi connectivity index (χ4v) is 2.47. The number of rotatable bonds is 5. The molecule has 7 heteroatoms. The summed E-state index contributed by atoms with van der Waals surface area (Å²) >= 11 is 0. The average molecular weight is 267 g/mol. The Morgan fingerprint density at radius 3 is 2.61 bits per heavy atom. The van der Waals surface area contributed by atoms with Crippen LogP contribution >= 0.6 is 7.60 Å². The van der Waals surface area contributed by atoms with Crippen molar-refractivity contribution in [3.63, 3.8) is 0 Å². The van der Waals surface area contributed by atoms with Gasteiger partial charge in [0.25, 0.3) is 0 Å². The number of aromatic amines is 1. The summed E-state index contributed by atoms with van der Waals surface area (Å²) in [5, 5.41) is 2.84. The van der Waals surface area contributed by atoms with Crippen LogP contribution in [0.2, 0.25) is 0 Å². The Morgan fingerprint density at radius 1 is 1.33 bits per heavy atom. The summed E-state index contributed by atoms with van der Waals surface area (Å²) in [7, 11) is -4.28. The van der Waals surface area contributed by atoms with Crippen molar-refractivity contribution in [2.75, 3.05) is 0 Å². The normalized spacial score (nSPS) is 13.4. The molecule has 0 aliphatic heterocycles. The van der Waals surface area contributed by atoms with Crippen LogP contribution in [0.3, 0.4) is 0 Å². The highest BCUT2D eigenvalue weighted by molar-refractivity contribution is 7.52. The molecule has 6 nitrogen and oxygen atoms in total. The molecular formula is C11H14N3O3P. The fraction of sp³-hybridized carbons (Fsp3) is 0.182. The molecule has 0 saturated heterocycles. The lowest BCUT2D eigenvalue weighted by Gasteiger charge is -2.18. The molecule has 0 bridgehead atoms. The number of nitrogens with one attached hydrogen (secondary N) is 2.